The Balaban J connectivity index is 1.70. The van der Waals surface area contributed by atoms with Crippen LogP contribution in [0.15, 0.2) is 48.6 Å². The molecule has 1 aromatic rings. The van der Waals surface area contributed by atoms with Gasteiger partial charge in [0.15, 0.2) is 8.32 Å². The number of ether oxygens (including phenoxy) is 2. The lowest BCUT2D eigenvalue weighted by Crippen LogP contribution is -2.43. The van der Waals surface area contributed by atoms with E-state index in [4.69, 9.17) is 27.5 Å². The van der Waals surface area contributed by atoms with Crippen LogP contribution in [0.4, 0.5) is 0 Å². The van der Waals surface area contributed by atoms with Crippen molar-refractivity contribution in [3.05, 3.63) is 54.1 Å². The number of methoxy groups -OCH3 is 1. The summed E-state index contributed by atoms with van der Waals surface area (Å²) in [5.74, 6) is 1.06. The molecule has 2 aliphatic rings. The number of phosphoric ester groups is 1. The lowest BCUT2D eigenvalue weighted by atomic mass is 9.92. The highest BCUT2D eigenvalue weighted by Crippen LogP contribution is 2.60. The van der Waals surface area contributed by atoms with Crippen LogP contribution in [-0.4, -0.2) is 47.0 Å². The number of hydrogen-bond acceptors (Lipinski definition) is 7. The van der Waals surface area contributed by atoms with E-state index in [2.05, 4.69) is 53.8 Å². The quantitative estimate of drug-likeness (QED) is 0.183. The number of fused-ring (bicyclic) bond motifs is 2. The third-order valence-electron chi connectivity index (χ3n) is 7.50. The molecule has 0 amide bonds. The van der Waals surface area contributed by atoms with Gasteiger partial charge in [0.2, 0.25) is 0 Å². The first kappa shape index (κ1) is 30.4. The fourth-order valence-electron chi connectivity index (χ4n) is 4.11. The second kappa shape index (κ2) is 12.8. The molecule has 0 aliphatic carbocycles. The van der Waals surface area contributed by atoms with E-state index in [1.54, 1.807) is 7.11 Å². The second-order valence-electron chi connectivity index (χ2n) is 11.6. The average Bonchev–Trinajstić information content (AvgIpc) is 2.97. The first-order valence-corrected chi connectivity index (χ1v) is 17.5. The molecule has 6 atom stereocenters. The number of rotatable bonds is 11. The van der Waals surface area contributed by atoms with Crippen molar-refractivity contribution in [3.8, 4) is 5.75 Å². The summed E-state index contributed by atoms with van der Waals surface area (Å²) in [5.41, 5.74) is 1.08. The molecule has 208 valence electrons. The van der Waals surface area contributed by atoms with Crippen molar-refractivity contribution in [2.45, 2.75) is 84.1 Å². The van der Waals surface area contributed by atoms with E-state index in [9.17, 15) is 4.89 Å². The van der Waals surface area contributed by atoms with Gasteiger partial charge in [-0.05, 0) is 35.8 Å². The minimum Gasteiger partial charge on any atom is -0.606 e. The molecule has 1 aromatic carbocycles. The Bertz CT molecular complexity index is 914. The molecule has 0 N–H and O–H groups in total. The zero-order valence-electron chi connectivity index (χ0n) is 23.6. The molecule has 9 heteroatoms. The molecule has 1 unspecified atom stereocenters. The zero-order chi connectivity index (χ0) is 27.3. The highest BCUT2D eigenvalue weighted by molar-refractivity contribution is 7.54. The van der Waals surface area contributed by atoms with Crippen LogP contribution in [0.3, 0.4) is 0 Å². The van der Waals surface area contributed by atoms with Crippen molar-refractivity contribution in [1.82, 2.24) is 0 Å². The largest absolute Gasteiger partial charge is 0.606 e. The van der Waals surface area contributed by atoms with E-state index in [-0.39, 0.29) is 41.8 Å². The van der Waals surface area contributed by atoms with Gasteiger partial charge in [-0.1, -0.05) is 71.1 Å². The zero-order valence-corrected chi connectivity index (χ0v) is 25.5. The highest BCUT2D eigenvalue weighted by atomic mass is 31.2. The van der Waals surface area contributed by atoms with Gasteiger partial charge in [-0.2, -0.15) is 13.6 Å². The van der Waals surface area contributed by atoms with Crippen LogP contribution >= 0.6 is 8.17 Å². The van der Waals surface area contributed by atoms with Crippen molar-refractivity contribution in [2.75, 3.05) is 20.3 Å². The SMILES string of the molecule is COc1ccc(CO[C@@H]([C@H](C)C=C[C@H]2C[C@@H]3C=CCO[P+]([O-])(O3)O2)[C@H](C)CO[Si](C)(C)C(C)(C)C)cc1. The summed E-state index contributed by atoms with van der Waals surface area (Å²) < 4.78 is 34.9. The van der Waals surface area contributed by atoms with Gasteiger partial charge in [0.05, 0.1) is 19.8 Å². The summed E-state index contributed by atoms with van der Waals surface area (Å²) in [6.45, 7) is 17.0. The van der Waals surface area contributed by atoms with Crippen molar-refractivity contribution >= 4 is 16.5 Å². The third kappa shape index (κ3) is 8.70. The van der Waals surface area contributed by atoms with Crippen LogP contribution < -0.4 is 9.63 Å². The molecule has 0 saturated carbocycles. The molecule has 1 fully saturated rings. The Labute approximate surface area is 224 Å². The Kier molecular flexibility index (Phi) is 10.6. The predicted molar refractivity (Wildman–Crippen MR) is 149 cm³/mol. The maximum absolute atomic E-state index is 12.8. The van der Waals surface area contributed by atoms with Gasteiger partial charge in [0.1, 0.15) is 24.6 Å². The highest BCUT2D eigenvalue weighted by Gasteiger charge is 2.45. The molecule has 2 aliphatic heterocycles. The number of phosphoric acid groups is 1. The van der Waals surface area contributed by atoms with E-state index < -0.39 is 16.5 Å². The van der Waals surface area contributed by atoms with Gasteiger partial charge in [0.25, 0.3) is 0 Å². The van der Waals surface area contributed by atoms with Crippen LogP contribution in [0.1, 0.15) is 46.6 Å². The molecule has 37 heavy (non-hydrogen) atoms. The summed E-state index contributed by atoms with van der Waals surface area (Å²) in [4.78, 5) is 12.8. The van der Waals surface area contributed by atoms with Crippen LogP contribution in [0.2, 0.25) is 18.1 Å². The minimum atomic E-state index is -3.54. The normalized spacial score (nSPS) is 27.1. The minimum absolute atomic E-state index is 0.0714. The first-order valence-electron chi connectivity index (χ1n) is 13.2. The topological polar surface area (TPSA) is 78.4 Å². The van der Waals surface area contributed by atoms with Crippen molar-refractivity contribution in [3.63, 3.8) is 0 Å². The molecular formula is C28H45O7PSi. The monoisotopic (exact) mass is 552 g/mol. The van der Waals surface area contributed by atoms with Gasteiger partial charge in [-0.25, -0.2) is 0 Å². The van der Waals surface area contributed by atoms with Crippen LogP contribution in [0, 0.1) is 11.8 Å². The Morgan fingerprint density at radius 2 is 1.86 bits per heavy atom. The second-order valence-corrected chi connectivity index (χ2v) is 18.0. The molecule has 2 heterocycles. The Morgan fingerprint density at radius 1 is 1.16 bits per heavy atom. The third-order valence-corrected chi connectivity index (χ3v) is 13.5. The molecule has 0 spiro atoms. The van der Waals surface area contributed by atoms with Crippen molar-refractivity contribution in [2.24, 2.45) is 11.8 Å². The standard InChI is InChI=1S/C28H45O7PSi/c1-21(11-14-26-18-25-10-9-17-32-36(29,34-25)35-26)27(22(2)19-33-37(7,8)28(3,4)5)31-20-23-12-15-24(30-6)16-13-23/h9-16,21-22,25-27H,17-20H2,1-8H3/t21-,22-,25+,26+,27+,36?/m1/s1. The maximum atomic E-state index is 12.8. The molecule has 2 bridgehead atoms. The molecule has 7 nitrogen and oxygen atoms in total. The average molecular weight is 553 g/mol. The predicted octanol–water partition coefficient (Wildman–Crippen LogP) is 6.23. The molecule has 0 aromatic heterocycles. The van der Waals surface area contributed by atoms with E-state index in [1.807, 2.05) is 42.5 Å². The lowest BCUT2D eigenvalue weighted by molar-refractivity contribution is -0.260. The fraction of sp³-hybridized carbons (Fsp3) is 0.643. The molecule has 0 radical (unpaired) electrons. The summed E-state index contributed by atoms with van der Waals surface area (Å²) in [7, 11) is -3.77. The Morgan fingerprint density at radius 3 is 2.51 bits per heavy atom. The maximum Gasteiger partial charge on any atom is 0.380 e. The molecule has 1 saturated heterocycles. The van der Waals surface area contributed by atoms with E-state index in [0.29, 0.717) is 19.6 Å². The summed E-state index contributed by atoms with van der Waals surface area (Å²) >= 11 is 0. The van der Waals surface area contributed by atoms with E-state index >= 15 is 0 Å². The van der Waals surface area contributed by atoms with Gasteiger partial charge in [0, 0.05) is 24.9 Å². The van der Waals surface area contributed by atoms with Gasteiger partial charge in [-0.3, -0.25) is 0 Å². The van der Waals surface area contributed by atoms with Crippen molar-refractivity contribution in [1.29, 1.82) is 0 Å². The molecular weight excluding hydrogens is 507 g/mol. The fourth-order valence-corrected chi connectivity index (χ4v) is 6.64. The van der Waals surface area contributed by atoms with Gasteiger partial charge < -0.3 is 18.8 Å². The Hall–Kier alpha value is -1.09. The van der Waals surface area contributed by atoms with E-state index in [0.717, 1.165) is 11.3 Å². The number of benzene rings is 1. The van der Waals surface area contributed by atoms with Crippen LogP contribution in [-0.2, 0) is 29.3 Å². The summed E-state index contributed by atoms with van der Waals surface area (Å²) in [6, 6.07) is 7.94. The van der Waals surface area contributed by atoms with E-state index in [1.165, 1.54) is 0 Å². The molecule has 3 rings (SSSR count). The van der Waals surface area contributed by atoms with Crippen LogP contribution in [0.5, 0.6) is 5.75 Å². The first-order chi connectivity index (χ1) is 17.3. The summed E-state index contributed by atoms with van der Waals surface area (Å²) in [6.07, 6.45) is 7.68. The van der Waals surface area contributed by atoms with Crippen molar-refractivity contribution < 1.29 is 32.4 Å². The van der Waals surface area contributed by atoms with Gasteiger partial charge in [-0.15, -0.1) is 0 Å². The smallest absolute Gasteiger partial charge is 0.380 e. The van der Waals surface area contributed by atoms with Crippen LogP contribution in [0.25, 0.3) is 0 Å². The van der Waals surface area contributed by atoms with Gasteiger partial charge >= 0.3 is 8.17 Å². The summed E-state index contributed by atoms with van der Waals surface area (Å²) in [5, 5.41) is 0.142. The lowest BCUT2D eigenvalue weighted by Gasteiger charge is -2.38. The number of hydrogen-bond donors (Lipinski definition) is 0.